The molecule has 1 N–H and O–H groups in total. The van der Waals surface area contributed by atoms with Gasteiger partial charge in [-0.15, -0.1) is 0 Å². The van der Waals surface area contributed by atoms with Gasteiger partial charge in [0.25, 0.3) is 0 Å². The van der Waals surface area contributed by atoms with Crippen molar-refractivity contribution in [2.24, 2.45) is 0 Å². The van der Waals surface area contributed by atoms with Gasteiger partial charge in [-0.25, -0.2) is 0 Å². The summed E-state index contributed by atoms with van der Waals surface area (Å²) in [6, 6.07) is 3.76. The van der Waals surface area contributed by atoms with Gasteiger partial charge in [-0.2, -0.15) is 0 Å². The van der Waals surface area contributed by atoms with Crippen LogP contribution in [0.3, 0.4) is 0 Å². The molecule has 1 fully saturated rings. The molecule has 5 nitrogen and oxygen atoms in total. The molecule has 1 aromatic carbocycles. The van der Waals surface area contributed by atoms with Gasteiger partial charge >= 0.3 is 5.97 Å². The second-order valence-corrected chi connectivity index (χ2v) is 6.00. The molecule has 0 spiro atoms. The van der Waals surface area contributed by atoms with E-state index in [1.54, 1.807) is 7.11 Å². The predicted octanol–water partition coefficient (Wildman–Crippen LogP) is 2.89. The number of ether oxygens (including phenoxy) is 3. The second kappa shape index (κ2) is 6.16. The maximum Gasteiger partial charge on any atom is 0.314 e. The fourth-order valence-corrected chi connectivity index (χ4v) is 3.68. The van der Waals surface area contributed by atoms with Crippen molar-refractivity contribution >= 4 is 5.97 Å². The van der Waals surface area contributed by atoms with E-state index in [4.69, 9.17) is 14.2 Å². The molecule has 0 unspecified atom stereocenters. The van der Waals surface area contributed by atoms with Crippen molar-refractivity contribution in [1.82, 2.24) is 0 Å². The minimum absolute atomic E-state index is 0.376. The highest BCUT2D eigenvalue weighted by Crippen LogP contribution is 2.49. The number of fused-ring (bicyclic) bond motifs is 1. The van der Waals surface area contributed by atoms with E-state index in [1.807, 2.05) is 12.1 Å². The summed E-state index contributed by atoms with van der Waals surface area (Å²) in [6.07, 6.45) is 4.20. The lowest BCUT2D eigenvalue weighted by molar-refractivity contribution is -0.145. The van der Waals surface area contributed by atoms with Crippen LogP contribution < -0.4 is 9.47 Å². The third-order valence-corrected chi connectivity index (χ3v) is 4.69. The average molecular weight is 306 g/mol. The zero-order valence-corrected chi connectivity index (χ0v) is 12.9. The Morgan fingerprint density at radius 1 is 1.23 bits per heavy atom. The van der Waals surface area contributed by atoms with E-state index in [1.165, 1.54) is 0 Å². The molecule has 0 saturated heterocycles. The maximum atomic E-state index is 12.2. The molecule has 5 heteroatoms. The Morgan fingerprint density at radius 3 is 2.64 bits per heavy atom. The zero-order chi connectivity index (χ0) is 15.6. The van der Waals surface area contributed by atoms with E-state index < -0.39 is 11.4 Å². The molecule has 0 radical (unpaired) electrons. The maximum absolute atomic E-state index is 12.2. The van der Waals surface area contributed by atoms with Crippen LogP contribution in [0.2, 0.25) is 0 Å². The molecule has 1 aliphatic heterocycles. The Kier molecular flexibility index (Phi) is 4.25. The molecule has 2 aliphatic rings. The van der Waals surface area contributed by atoms with E-state index in [-0.39, 0.29) is 0 Å². The van der Waals surface area contributed by atoms with Crippen molar-refractivity contribution in [2.45, 2.75) is 44.1 Å². The van der Waals surface area contributed by atoms with Crippen molar-refractivity contribution in [3.05, 3.63) is 23.3 Å². The summed E-state index contributed by atoms with van der Waals surface area (Å²) in [5, 5.41) is 10.00. The molecule has 0 aromatic heterocycles. The summed E-state index contributed by atoms with van der Waals surface area (Å²) in [5.41, 5.74) is 0.757. The van der Waals surface area contributed by atoms with Crippen molar-refractivity contribution < 1.29 is 24.1 Å². The lowest BCUT2D eigenvalue weighted by Gasteiger charge is -2.37. The smallest absolute Gasteiger partial charge is 0.314 e. The highest BCUT2D eigenvalue weighted by Gasteiger charge is 2.46. The molecule has 1 aliphatic carbocycles. The number of carboxylic acids is 1. The van der Waals surface area contributed by atoms with E-state index in [0.29, 0.717) is 44.2 Å². The standard InChI is InChI=1S/C17H22O5/c1-20-11-12-5-6-13-15(22-10-9-21-13)14(12)17(16(18)19)7-3-2-4-8-17/h5-6H,2-4,7-11H2,1H3,(H,18,19). The fourth-order valence-electron chi connectivity index (χ4n) is 3.68. The van der Waals surface area contributed by atoms with Crippen LogP contribution in [0.4, 0.5) is 0 Å². The fraction of sp³-hybridized carbons (Fsp3) is 0.588. The summed E-state index contributed by atoms with van der Waals surface area (Å²) >= 11 is 0. The molecule has 1 aromatic rings. The molecule has 1 heterocycles. The molecule has 1 saturated carbocycles. The number of aliphatic carboxylic acids is 1. The van der Waals surface area contributed by atoms with Crippen LogP contribution in [0.5, 0.6) is 11.5 Å². The Bertz CT molecular complexity index is 560. The summed E-state index contributed by atoms with van der Waals surface area (Å²) in [5.74, 6) is 0.476. The van der Waals surface area contributed by atoms with Gasteiger partial charge in [0.1, 0.15) is 13.2 Å². The van der Waals surface area contributed by atoms with Gasteiger partial charge in [0.05, 0.1) is 12.0 Å². The van der Waals surface area contributed by atoms with Crippen LogP contribution >= 0.6 is 0 Å². The van der Waals surface area contributed by atoms with Crippen molar-refractivity contribution in [1.29, 1.82) is 0 Å². The zero-order valence-electron chi connectivity index (χ0n) is 12.9. The van der Waals surface area contributed by atoms with E-state index >= 15 is 0 Å². The first-order valence-corrected chi connectivity index (χ1v) is 7.83. The van der Waals surface area contributed by atoms with Crippen LogP contribution in [0.15, 0.2) is 12.1 Å². The van der Waals surface area contributed by atoms with Crippen LogP contribution in [0.1, 0.15) is 43.2 Å². The SMILES string of the molecule is COCc1ccc2c(c1C1(C(=O)O)CCCCC1)OCCO2. The summed E-state index contributed by atoms with van der Waals surface area (Å²) < 4.78 is 16.8. The number of hydrogen-bond donors (Lipinski definition) is 1. The van der Waals surface area contributed by atoms with Gasteiger partial charge in [-0.3, -0.25) is 4.79 Å². The number of benzene rings is 1. The number of methoxy groups -OCH3 is 1. The van der Waals surface area contributed by atoms with Crippen LogP contribution in [0, 0.1) is 0 Å². The van der Waals surface area contributed by atoms with Gasteiger partial charge in [0, 0.05) is 12.7 Å². The third-order valence-electron chi connectivity index (χ3n) is 4.69. The summed E-state index contributed by atoms with van der Waals surface area (Å²) in [4.78, 5) is 12.2. The van der Waals surface area contributed by atoms with Crippen LogP contribution in [-0.4, -0.2) is 31.4 Å². The normalized spacial score (nSPS) is 19.7. The first-order chi connectivity index (χ1) is 10.7. The molecule has 120 valence electrons. The van der Waals surface area contributed by atoms with Gasteiger partial charge in [-0.05, 0) is 24.5 Å². The highest BCUT2D eigenvalue weighted by molar-refractivity contribution is 5.84. The molecule has 0 amide bonds. The molecular formula is C17H22O5. The lowest BCUT2D eigenvalue weighted by atomic mass is 9.67. The molecular weight excluding hydrogens is 284 g/mol. The highest BCUT2D eigenvalue weighted by atomic mass is 16.6. The van der Waals surface area contributed by atoms with Crippen LogP contribution in [-0.2, 0) is 21.6 Å². The Labute approximate surface area is 130 Å². The quantitative estimate of drug-likeness (QED) is 0.926. The first kappa shape index (κ1) is 15.2. The van der Waals surface area contributed by atoms with Crippen molar-refractivity contribution in [2.75, 3.05) is 20.3 Å². The molecule has 3 rings (SSSR count). The average Bonchev–Trinajstić information content (AvgIpc) is 2.55. The minimum Gasteiger partial charge on any atom is -0.486 e. The topological polar surface area (TPSA) is 65.0 Å². The van der Waals surface area contributed by atoms with Gasteiger partial charge in [-0.1, -0.05) is 25.3 Å². The number of hydrogen-bond acceptors (Lipinski definition) is 4. The van der Waals surface area contributed by atoms with Gasteiger partial charge < -0.3 is 19.3 Å². The predicted molar refractivity (Wildman–Crippen MR) is 80.5 cm³/mol. The van der Waals surface area contributed by atoms with Crippen molar-refractivity contribution in [3.8, 4) is 11.5 Å². The Balaban J connectivity index is 2.18. The number of rotatable bonds is 4. The lowest BCUT2D eigenvalue weighted by Crippen LogP contribution is -2.39. The van der Waals surface area contributed by atoms with Gasteiger partial charge in [0.2, 0.25) is 0 Å². The van der Waals surface area contributed by atoms with E-state index in [2.05, 4.69) is 0 Å². The molecule has 0 atom stereocenters. The second-order valence-electron chi connectivity index (χ2n) is 6.00. The van der Waals surface area contributed by atoms with Gasteiger partial charge in [0.15, 0.2) is 11.5 Å². The monoisotopic (exact) mass is 306 g/mol. The van der Waals surface area contributed by atoms with E-state index in [0.717, 1.165) is 30.4 Å². The Morgan fingerprint density at radius 2 is 1.95 bits per heavy atom. The molecule has 0 bridgehead atoms. The minimum atomic E-state index is -0.891. The van der Waals surface area contributed by atoms with Crippen LogP contribution in [0.25, 0.3) is 0 Å². The van der Waals surface area contributed by atoms with Crippen molar-refractivity contribution in [3.63, 3.8) is 0 Å². The number of carboxylic acid groups (broad SMARTS) is 1. The first-order valence-electron chi connectivity index (χ1n) is 7.83. The number of carbonyl (C=O) groups is 1. The Hall–Kier alpha value is -1.75. The molecule has 22 heavy (non-hydrogen) atoms. The van der Waals surface area contributed by atoms with E-state index in [9.17, 15) is 9.90 Å². The third kappa shape index (κ3) is 2.43. The summed E-state index contributed by atoms with van der Waals surface area (Å²) in [6.45, 7) is 1.32. The largest absolute Gasteiger partial charge is 0.486 e. The summed E-state index contributed by atoms with van der Waals surface area (Å²) in [7, 11) is 1.62.